The van der Waals surface area contributed by atoms with Gasteiger partial charge in [-0.25, -0.2) is 0 Å². The molecule has 8 heteroatoms. The number of hydrogen-bond acceptors (Lipinski definition) is 5. The van der Waals surface area contributed by atoms with Crippen LogP contribution in [0, 0.1) is 17.3 Å². The van der Waals surface area contributed by atoms with Gasteiger partial charge in [0.15, 0.2) is 0 Å². The molecule has 3 fully saturated rings. The van der Waals surface area contributed by atoms with Crippen molar-refractivity contribution in [3.05, 3.63) is 61.2 Å². The molecule has 0 saturated carbocycles. The Morgan fingerprint density at radius 2 is 1.73 bits per heavy atom. The standard InChI is InChI=1S/C36H53N3O4S/c1-8-20-37(24-26-16-12-10-13-17-26)31(41)28-27-18-19-36(44-27)29(28)32(42)38(22-14-11-15-23-40)30(36)33(43)39(21-9-2)35(6,7)25-34(3,4)5/h8-10,12-13,16-17,27-30,40H,1-2,11,14-15,18-25H2,3-7H3/t27-,28+,29+,30?,36?/m1/s1. The lowest BCUT2D eigenvalue weighted by Crippen LogP contribution is -2.60. The number of unbranched alkanes of at least 4 members (excludes halogenated alkanes) is 2. The summed E-state index contributed by atoms with van der Waals surface area (Å²) in [6, 6.07) is 9.28. The molecule has 2 bridgehead atoms. The summed E-state index contributed by atoms with van der Waals surface area (Å²) in [5.41, 5.74) is 0.563. The fourth-order valence-electron chi connectivity index (χ4n) is 8.23. The van der Waals surface area contributed by atoms with E-state index < -0.39 is 28.2 Å². The highest BCUT2D eigenvalue weighted by Crippen LogP contribution is 2.67. The highest BCUT2D eigenvalue weighted by atomic mass is 32.2. The minimum absolute atomic E-state index is 0.00168. The van der Waals surface area contributed by atoms with Crippen molar-refractivity contribution in [1.82, 2.24) is 14.7 Å². The summed E-state index contributed by atoms with van der Waals surface area (Å²) in [6.45, 7) is 20.5. The number of thioether (sulfide) groups is 1. The molecule has 3 heterocycles. The van der Waals surface area contributed by atoms with Gasteiger partial charge in [-0.05, 0) is 63.4 Å². The van der Waals surface area contributed by atoms with E-state index in [9.17, 15) is 19.5 Å². The molecule has 0 aromatic heterocycles. The Balaban J connectivity index is 1.72. The Morgan fingerprint density at radius 3 is 2.34 bits per heavy atom. The third kappa shape index (κ3) is 6.81. The molecular formula is C36H53N3O4S. The van der Waals surface area contributed by atoms with E-state index in [2.05, 4.69) is 47.8 Å². The number of carbonyl (C=O) groups excluding carboxylic acids is 3. The first kappa shape index (κ1) is 34.3. The molecule has 0 aliphatic carbocycles. The second-order valence-corrected chi connectivity index (χ2v) is 16.3. The number of aliphatic hydroxyl groups excluding tert-OH is 1. The lowest BCUT2D eigenvalue weighted by Gasteiger charge is -2.46. The van der Waals surface area contributed by atoms with E-state index >= 15 is 0 Å². The maximum absolute atomic E-state index is 14.9. The second kappa shape index (κ2) is 13.8. The molecule has 4 rings (SSSR count). The molecule has 0 radical (unpaired) electrons. The Morgan fingerprint density at radius 1 is 1.05 bits per heavy atom. The van der Waals surface area contributed by atoms with Gasteiger partial charge in [-0.1, -0.05) is 63.3 Å². The molecule has 5 atom stereocenters. The number of aliphatic hydroxyl groups is 1. The topological polar surface area (TPSA) is 81.2 Å². The summed E-state index contributed by atoms with van der Waals surface area (Å²) in [4.78, 5) is 49.4. The summed E-state index contributed by atoms with van der Waals surface area (Å²) in [6.07, 6.45) is 8.01. The predicted molar refractivity (Wildman–Crippen MR) is 179 cm³/mol. The maximum atomic E-state index is 14.9. The first-order chi connectivity index (χ1) is 20.8. The third-order valence-electron chi connectivity index (χ3n) is 9.53. The number of fused-ring (bicyclic) bond motifs is 1. The molecular weight excluding hydrogens is 570 g/mol. The highest BCUT2D eigenvalue weighted by molar-refractivity contribution is 8.02. The number of carbonyl (C=O) groups is 3. The van der Waals surface area contributed by atoms with Gasteiger partial charge in [0.05, 0.1) is 16.6 Å². The number of amides is 3. The number of rotatable bonds is 15. The summed E-state index contributed by atoms with van der Waals surface area (Å²) in [5, 5.41) is 9.38. The van der Waals surface area contributed by atoms with E-state index in [1.807, 2.05) is 45.0 Å². The first-order valence-electron chi connectivity index (χ1n) is 16.3. The van der Waals surface area contributed by atoms with Crippen molar-refractivity contribution in [1.29, 1.82) is 0 Å². The van der Waals surface area contributed by atoms with Crippen LogP contribution >= 0.6 is 11.8 Å². The van der Waals surface area contributed by atoms with E-state index in [4.69, 9.17) is 0 Å². The molecule has 1 aromatic carbocycles. The van der Waals surface area contributed by atoms with Crippen molar-refractivity contribution >= 4 is 29.5 Å². The number of benzene rings is 1. The molecule has 44 heavy (non-hydrogen) atoms. The van der Waals surface area contributed by atoms with Gasteiger partial charge in [-0.15, -0.1) is 24.9 Å². The fraction of sp³-hybridized carbons (Fsp3) is 0.639. The fourth-order valence-corrected chi connectivity index (χ4v) is 10.4. The first-order valence-corrected chi connectivity index (χ1v) is 17.1. The zero-order chi connectivity index (χ0) is 32.3. The van der Waals surface area contributed by atoms with Crippen molar-refractivity contribution < 1.29 is 19.5 Å². The van der Waals surface area contributed by atoms with Crippen LogP contribution in [-0.2, 0) is 20.9 Å². The zero-order valence-electron chi connectivity index (χ0n) is 27.5. The maximum Gasteiger partial charge on any atom is 0.247 e. The molecule has 7 nitrogen and oxygen atoms in total. The molecule has 2 unspecified atom stereocenters. The van der Waals surface area contributed by atoms with Crippen molar-refractivity contribution in [2.45, 2.75) is 101 Å². The van der Waals surface area contributed by atoms with Crippen LogP contribution in [-0.4, -0.2) is 85.3 Å². The highest BCUT2D eigenvalue weighted by Gasteiger charge is 2.74. The van der Waals surface area contributed by atoms with E-state index in [1.54, 1.807) is 23.9 Å². The quantitative estimate of drug-likeness (QED) is 0.201. The molecule has 242 valence electrons. The largest absolute Gasteiger partial charge is 0.396 e. The smallest absolute Gasteiger partial charge is 0.247 e. The molecule has 1 N–H and O–H groups in total. The number of nitrogens with zero attached hydrogens (tertiary/aromatic N) is 3. The van der Waals surface area contributed by atoms with Gasteiger partial charge < -0.3 is 19.8 Å². The Labute approximate surface area is 269 Å². The van der Waals surface area contributed by atoms with Gasteiger partial charge in [0.1, 0.15) is 6.04 Å². The van der Waals surface area contributed by atoms with Crippen molar-refractivity contribution in [2.75, 3.05) is 26.2 Å². The SMILES string of the molecule is C=CCN(Cc1ccccc1)C(=O)[C@@H]1[C@H]2C(=O)N(CCCCCO)C(C(=O)N(CC=C)C(C)(C)CC(C)(C)C)C23CC[C@H]1S3. The van der Waals surface area contributed by atoms with E-state index in [0.29, 0.717) is 39.0 Å². The van der Waals surface area contributed by atoms with E-state index in [1.165, 1.54) is 0 Å². The summed E-state index contributed by atoms with van der Waals surface area (Å²) in [5.74, 6) is -1.13. The number of likely N-dealkylation sites (tertiary alicyclic amines) is 1. The molecule has 3 aliphatic heterocycles. The molecule has 1 spiro atoms. The third-order valence-corrected chi connectivity index (χ3v) is 11.5. The van der Waals surface area contributed by atoms with Gasteiger partial charge in [-0.2, -0.15) is 0 Å². The molecule has 3 aliphatic rings. The molecule has 1 aromatic rings. The average molecular weight is 624 g/mol. The normalized spacial score (nSPS) is 26.0. The van der Waals surface area contributed by atoms with E-state index in [0.717, 1.165) is 31.2 Å². The number of hydrogen-bond donors (Lipinski definition) is 1. The van der Waals surface area contributed by atoms with Gasteiger partial charge in [0.25, 0.3) is 0 Å². The van der Waals surface area contributed by atoms with Gasteiger partial charge in [-0.3, -0.25) is 14.4 Å². The van der Waals surface area contributed by atoms with Crippen LogP contribution in [0.15, 0.2) is 55.6 Å². The van der Waals surface area contributed by atoms with Crippen molar-refractivity contribution in [3.8, 4) is 0 Å². The molecule has 3 saturated heterocycles. The summed E-state index contributed by atoms with van der Waals surface area (Å²) >= 11 is 1.73. The lowest BCUT2D eigenvalue weighted by atomic mass is 9.70. The van der Waals surface area contributed by atoms with Crippen LogP contribution in [0.25, 0.3) is 0 Å². The van der Waals surface area contributed by atoms with Crippen LogP contribution in [0.4, 0.5) is 0 Å². The van der Waals surface area contributed by atoms with Crippen LogP contribution in [0.5, 0.6) is 0 Å². The zero-order valence-corrected chi connectivity index (χ0v) is 28.3. The van der Waals surface area contributed by atoms with E-state index in [-0.39, 0.29) is 35.0 Å². The van der Waals surface area contributed by atoms with Gasteiger partial charge in [0, 0.05) is 43.6 Å². The molecule has 3 amide bonds. The van der Waals surface area contributed by atoms with Gasteiger partial charge >= 0.3 is 0 Å². The lowest BCUT2D eigenvalue weighted by molar-refractivity contribution is -0.147. The van der Waals surface area contributed by atoms with Crippen molar-refractivity contribution in [3.63, 3.8) is 0 Å². The Bertz CT molecular complexity index is 1210. The Hall–Kier alpha value is -2.58. The van der Waals surface area contributed by atoms with Crippen molar-refractivity contribution in [2.24, 2.45) is 17.3 Å². The van der Waals surface area contributed by atoms with Crippen LogP contribution in [0.1, 0.15) is 78.7 Å². The second-order valence-electron chi connectivity index (χ2n) is 14.7. The summed E-state index contributed by atoms with van der Waals surface area (Å²) in [7, 11) is 0. The minimum atomic E-state index is -0.639. The van der Waals surface area contributed by atoms with Gasteiger partial charge in [0.2, 0.25) is 17.7 Å². The minimum Gasteiger partial charge on any atom is -0.396 e. The Kier molecular flexibility index (Phi) is 10.8. The van der Waals surface area contributed by atoms with Crippen LogP contribution < -0.4 is 0 Å². The van der Waals surface area contributed by atoms with Crippen LogP contribution in [0.2, 0.25) is 0 Å². The monoisotopic (exact) mass is 623 g/mol. The predicted octanol–water partition coefficient (Wildman–Crippen LogP) is 5.68. The summed E-state index contributed by atoms with van der Waals surface area (Å²) < 4.78 is -0.639. The van der Waals surface area contributed by atoms with Crippen LogP contribution in [0.3, 0.4) is 0 Å². The average Bonchev–Trinajstić information content (AvgIpc) is 3.59.